The van der Waals surface area contributed by atoms with Gasteiger partial charge < -0.3 is 28.8 Å². The zero-order valence-electron chi connectivity index (χ0n) is 19.9. The molecule has 182 valence electrons. The lowest BCUT2D eigenvalue weighted by Crippen LogP contribution is -2.65. The van der Waals surface area contributed by atoms with E-state index in [0.29, 0.717) is 19.3 Å². The molecule has 0 aromatic rings. The first-order valence-electron chi connectivity index (χ1n) is 11.6. The summed E-state index contributed by atoms with van der Waals surface area (Å²) in [7, 11) is 0. The first-order valence-corrected chi connectivity index (χ1v) is 11.6. The molecule has 9 nitrogen and oxygen atoms in total. The highest BCUT2D eigenvalue weighted by Crippen LogP contribution is 2.68. The summed E-state index contributed by atoms with van der Waals surface area (Å²) in [5, 5.41) is 12.1. The Kier molecular flexibility index (Phi) is 4.70. The van der Waals surface area contributed by atoms with Crippen molar-refractivity contribution in [3.63, 3.8) is 0 Å². The maximum Gasteiger partial charge on any atom is 0.342 e. The number of rotatable bonds is 2. The van der Waals surface area contributed by atoms with Crippen LogP contribution in [-0.2, 0) is 38.1 Å². The third-order valence-corrected chi connectivity index (χ3v) is 8.81. The number of ether oxygens (including phenoxy) is 5. The van der Waals surface area contributed by atoms with Crippen LogP contribution in [0, 0.1) is 11.3 Å². The summed E-state index contributed by atoms with van der Waals surface area (Å²) >= 11 is 0. The number of hydrogen-bond donors (Lipinski definition) is 1. The second-order valence-corrected chi connectivity index (χ2v) is 10.8. The van der Waals surface area contributed by atoms with Gasteiger partial charge in [0, 0.05) is 31.6 Å². The van der Waals surface area contributed by atoms with Crippen molar-refractivity contribution in [1.82, 2.24) is 0 Å². The summed E-state index contributed by atoms with van der Waals surface area (Å²) in [6.07, 6.45) is -0.283. The van der Waals surface area contributed by atoms with Gasteiger partial charge in [-0.3, -0.25) is 9.59 Å². The molecule has 10 atom stereocenters. The van der Waals surface area contributed by atoms with Crippen molar-refractivity contribution in [3.05, 3.63) is 11.6 Å². The summed E-state index contributed by atoms with van der Waals surface area (Å²) < 4.78 is 29.4. The van der Waals surface area contributed by atoms with Crippen molar-refractivity contribution in [3.8, 4) is 0 Å². The second-order valence-electron chi connectivity index (χ2n) is 10.8. The number of carbonyl (C=O) groups is 3. The lowest BCUT2D eigenvalue weighted by atomic mass is 9.54. The molecule has 3 heterocycles. The number of aliphatic hydroxyl groups excluding tert-OH is 1. The minimum absolute atomic E-state index is 0.245. The molecule has 0 amide bonds. The Morgan fingerprint density at radius 1 is 1.12 bits per heavy atom. The minimum atomic E-state index is -1.30. The standard InChI is InChI=1S/C24H32O9/c1-11-7-8-14(29-12(2)25)21(4)15(30-13(3)26)10-16-22(5,32-16)18(21)19(27)24-17(9-11)31-20(28)23(24,6)33-24/h9,14-19,27H,7-8,10H2,1-6H3/b11-9-/t14-,15-,16-,17-,18+,19-,21-,22-,23-,24-/m0/s1. The highest BCUT2D eigenvalue weighted by molar-refractivity contribution is 5.89. The van der Waals surface area contributed by atoms with E-state index in [9.17, 15) is 19.5 Å². The van der Waals surface area contributed by atoms with Gasteiger partial charge in [-0.1, -0.05) is 12.5 Å². The molecule has 5 rings (SSSR count). The predicted octanol–water partition coefficient (Wildman–Crippen LogP) is 1.59. The fraction of sp³-hybridized carbons (Fsp3) is 0.792. The first kappa shape index (κ1) is 22.8. The van der Waals surface area contributed by atoms with Crippen LogP contribution < -0.4 is 0 Å². The Labute approximate surface area is 192 Å². The Morgan fingerprint density at radius 3 is 2.36 bits per heavy atom. The van der Waals surface area contributed by atoms with E-state index in [0.717, 1.165) is 5.57 Å². The maximum atomic E-state index is 12.7. The molecule has 3 aliphatic heterocycles. The van der Waals surface area contributed by atoms with Crippen LogP contribution in [0.25, 0.3) is 0 Å². The molecule has 9 heteroatoms. The Balaban J connectivity index is 1.69. The molecule has 3 saturated heterocycles. The van der Waals surface area contributed by atoms with Gasteiger partial charge in [-0.05, 0) is 39.7 Å². The molecule has 5 aliphatic rings. The molecule has 2 aliphatic carbocycles. The fourth-order valence-electron chi connectivity index (χ4n) is 7.00. The van der Waals surface area contributed by atoms with E-state index in [1.165, 1.54) is 13.8 Å². The maximum absolute atomic E-state index is 12.7. The summed E-state index contributed by atoms with van der Waals surface area (Å²) in [6.45, 7) is 10.0. The zero-order valence-corrected chi connectivity index (χ0v) is 19.9. The molecule has 0 aromatic heterocycles. The van der Waals surface area contributed by atoms with Gasteiger partial charge in [-0.2, -0.15) is 0 Å². The van der Waals surface area contributed by atoms with Gasteiger partial charge >= 0.3 is 17.9 Å². The largest absolute Gasteiger partial charge is 0.462 e. The average molecular weight is 465 g/mol. The molecular formula is C24H32O9. The number of hydrogen-bond acceptors (Lipinski definition) is 9. The van der Waals surface area contributed by atoms with E-state index in [1.54, 1.807) is 6.92 Å². The van der Waals surface area contributed by atoms with Crippen LogP contribution in [0.5, 0.6) is 0 Å². The lowest BCUT2D eigenvalue weighted by Gasteiger charge is -2.53. The van der Waals surface area contributed by atoms with Crippen molar-refractivity contribution in [1.29, 1.82) is 0 Å². The van der Waals surface area contributed by atoms with Crippen LogP contribution >= 0.6 is 0 Å². The number of epoxide rings is 2. The van der Waals surface area contributed by atoms with Gasteiger partial charge in [0.1, 0.15) is 12.2 Å². The average Bonchev–Trinajstić information content (AvgIpc) is 3.53. The molecule has 0 bridgehead atoms. The van der Waals surface area contributed by atoms with Crippen LogP contribution in [-0.4, -0.2) is 70.3 Å². The van der Waals surface area contributed by atoms with Crippen molar-refractivity contribution < 1.29 is 43.2 Å². The highest BCUT2D eigenvalue weighted by atomic mass is 16.7. The van der Waals surface area contributed by atoms with Gasteiger partial charge in [-0.25, -0.2) is 4.79 Å². The number of allylic oxidation sites excluding steroid dienone is 1. The van der Waals surface area contributed by atoms with Gasteiger partial charge in [0.05, 0.1) is 17.8 Å². The summed E-state index contributed by atoms with van der Waals surface area (Å²) in [5.41, 5.74) is -3.44. The minimum Gasteiger partial charge on any atom is -0.462 e. The van der Waals surface area contributed by atoms with E-state index in [1.807, 2.05) is 26.8 Å². The zero-order chi connectivity index (χ0) is 24.1. The van der Waals surface area contributed by atoms with Gasteiger partial charge in [-0.15, -0.1) is 0 Å². The fourth-order valence-corrected chi connectivity index (χ4v) is 7.00. The van der Waals surface area contributed by atoms with Gasteiger partial charge in [0.2, 0.25) is 0 Å². The van der Waals surface area contributed by atoms with Crippen LogP contribution in [0.1, 0.15) is 60.8 Å². The quantitative estimate of drug-likeness (QED) is 0.281. The summed E-state index contributed by atoms with van der Waals surface area (Å²) in [4.78, 5) is 37.0. The van der Waals surface area contributed by atoms with E-state index >= 15 is 0 Å². The normalized spacial score (nSPS) is 53.7. The summed E-state index contributed by atoms with van der Waals surface area (Å²) in [5.74, 6) is -2.10. The van der Waals surface area contributed by atoms with Crippen molar-refractivity contribution >= 4 is 17.9 Å². The molecule has 4 fully saturated rings. The predicted molar refractivity (Wildman–Crippen MR) is 112 cm³/mol. The van der Waals surface area contributed by atoms with Crippen molar-refractivity contribution in [2.75, 3.05) is 0 Å². The molecule has 33 heavy (non-hydrogen) atoms. The van der Waals surface area contributed by atoms with Crippen LogP contribution in [0.4, 0.5) is 0 Å². The van der Waals surface area contributed by atoms with Crippen molar-refractivity contribution in [2.24, 2.45) is 11.3 Å². The van der Waals surface area contributed by atoms with Crippen molar-refractivity contribution in [2.45, 2.75) is 108 Å². The topological polar surface area (TPSA) is 124 Å². The summed E-state index contributed by atoms with van der Waals surface area (Å²) in [6, 6.07) is 0. The van der Waals surface area contributed by atoms with Gasteiger partial charge in [0.15, 0.2) is 17.3 Å². The van der Waals surface area contributed by atoms with E-state index < -0.39 is 70.5 Å². The smallest absolute Gasteiger partial charge is 0.342 e. The monoisotopic (exact) mass is 464 g/mol. The Morgan fingerprint density at radius 2 is 1.76 bits per heavy atom. The lowest BCUT2D eigenvalue weighted by molar-refractivity contribution is -0.205. The SMILES string of the molecule is CC(=O)O[C@H]1CC/C(C)=C\[C@@H]2OC(=O)[C@]3(C)O[C@]23[C@@H](O)[C@H]2[C@@]3(C)O[C@H]3C[C@H](OC(C)=O)[C@]12C. The van der Waals surface area contributed by atoms with Crippen LogP contribution in [0.3, 0.4) is 0 Å². The molecule has 1 spiro atoms. The molecule has 0 radical (unpaired) electrons. The van der Waals surface area contributed by atoms with E-state index in [-0.39, 0.29) is 6.10 Å². The molecule has 0 unspecified atom stereocenters. The van der Waals surface area contributed by atoms with Crippen LogP contribution in [0.2, 0.25) is 0 Å². The Hall–Kier alpha value is -1.97. The Bertz CT molecular complexity index is 960. The third-order valence-electron chi connectivity index (χ3n) is 8.81. The van der Waals surface area contributed by atoms with Gasteiger partial charge in [0.25, 0.3) is 0 Å². The highest BCUT2D eigenvalue weighted by Gasteiger charge is 2.88. The van der Waals surface area contributed by atoms with E-state index in [2.05, 4.69) is 0 Å². The molecule has 0 aromatic carbocycles. The van der Waals surface area contributed by atoms with E-state index in [4.69, 9.17) is 23.7 Å². The second kappa shape index (κ2) is 6.79. The molecule has 1 saturated carbocycles. The molecule has 1 N–H and O–H groups in total. The molecular weight excluding hydrogens is 432 g/mol. The number of aliphatic hydroxyl groups is 1. The number of carbonyl (C=O) groups excluding carboxylic acids is 3. The third kappa shape index (κ3) is 2.85. The van der Waals surface area contributed by atoms with Crippen LogP contribution in [0.15, 0.2) is 11.6 Å². The number of fused-ring (bicyclic) bond motifs is 3. The number of esters is 3. The first-order chi connectivity index (χ1) is 15.3.